The molecule has 0 amide bonds. The van der Waals surface area contributed by atoms with E-state index < -0.39 is 0 Å². The largest absolute Gasteiger partial charge is 0.307 e. The third kappa shape index (κ3) is 2.81. The van der Waals surface area contributed by atoms with Gasteiger partial charge in [0.1, 0.15) is 5.69 Å². The van der Waals surface area contributed by atoms with Gasteiger partial charge >= 0.3 is 0 Å². The lowest BCUT2D eigenvalue weighted by molar-refractivity contribution is 0.818. The maximum absolute atomic E-state index is 5.38. The highest BCUT2D eigenvalue weighted by Crippen LogP contribution is 2.00. The van der Waals surface area contributed by atoms with Crippen LogP contribution in [0.15, 0.2) is 23.2 Å². The summed E-state index contributed by atoms with van der Waals surface area (Å²) in [5, 5.41) is 0. The Bertz CT molecular complexity index is 331. The van der Waals surface area contributed by atoms with E-state index in [2.05, 4.69) is 15.4 Å². The van der Waals surface area contributed by atoms with Gasteiger partial charge in [0.25, 0.3) is 0 Å². The van der Waals surface area contributed by atoms with Crippen LogP contribution in [0.4, 0.5) is 0 Å². The molecule has 0 atom stereocenters. The minimum absolute atomic E-state index is 0.198. The van der Waals surface area contributed by atoms with Crippen LogP contribution in [0.5, 0.6) is 0 Å². The predicted molar refractivity (Wildman–Crippen MR) is 58.0 cm³/mol. The van der Waals surface area contributed by atoms with Gasteiger partial charge in [0.05, 0.1) is 0 Å². The van der Waals surface area contributed by atoms with Gasteiger partial charge in [0, 0.05) is 11.7 Å². The van der Waals surface area contributed by atoms with Crippen molar-refractivity contribution in [2.75, 3.05) is 0 Å². The van der Waals surface area contributed by atoms with Crippen LogP contribution in [0, 0.1) is 6.92 Å². The number of nitrogens with one attached hydrogen (secondary N) is 1. The number of aliphatic imine (C=N–C) groups is 1. The van der Waals surface area contributed by atoms with E-state index in [0.29, 0.717) is 5.84 Å². The minimum atomic E-state index is 0.198. The number of pyridine rings is 1. The zero-order chi connectivity index (χ0) is 10.6. The summed E-state index contributed by atoms with van der Waals surface area (Å²) in [6.45, 7) is 5.92. The third-order valence-electron chi connectivity index (χ3n) is 1.65. The number of amidine groups is 1. The normalized spacial score (nSPS) is 11.9. The fourth-order valence-corrected chi connectivity index (χ4v) is 1.11. The van der Waals surface area contributed by atoms with Crippen molar-refractivity contribution in [2.24, 2.45) is 10.8 Å². The second-order valence-electron chi connectivity index (χ2n) is 3.38. The van der Waals surface area contributed by atoms with Crippen LogP contribution < -0.4 is 11.3 Å². The van der Waals surface area contributed by atoms with Crippen molar-refractivity contribution in [1.29, 1.82) is 0 Å². The molecule has 0 aromatic carbocycles. The molecule has 0 unspecified atom stereocenters. The maximum atomic E-state index is 5.38. The zero-order valence-corrected chi connectivity index (χ0v) is 8.78. The molecular formula is C10H16N4. The zero-order valence-electron chi connectivity index (χ0n) is 8.78. The van der Waals surface area contributed by atoms with Crippen molar-refractivity contribution in [3.05, 3.63) is 29.6 Å². The molecule has 0 saturated heterocycles. The van der Waals surface area contributed by atoms with Crippen molar-refractivity contribution in [3.8, 4) is 0 Å². The molecule has 0 radical (unpaired) electrons. The van der Waals surface area contributed by atoms with Gasteiger partial charge < -0.3 is 5.43 Å². The van der Waals surface area contributed by atoms with Crippen molar-refractivity contribution in [1.82, 2.24) is 10.4 Å². The molecule has 0 spiro atoms. The number of aromatic nitrogens is 1. The van der Waals surface area contributed by atoms with E-state index in [1.807, 2.05) is 39.0 Å². The van der Waals surface area contributed by atoms with Gasteiger partial charge in [-0.1, -0.05) is 6.07 Å². The van der Waals surface area contributed by atoms with E-state index in [4.69, 9.17) is 5.84 Å². The summed E-state index contributed by atoms with van der Waals surface area (Å²) < 4.78 is 0. The average Bonchev–Trinajstić information content (AvgIpc) is 2.14. The van der Waals surface area contributed by atoms with Crippen molar-refractivity contribution < 1.29 is 0 Å². The lowest BCUT2D eigenvalue weighted by atomic mass is 10.3. The van der Waals surface area contributed by atoms with Gasteiger partial charge in [-0.15, -0.1) is 0 Å². The van der Waals surface area contributed by atoms with E-state index in [1.165, 1.54) is 0 Å². The number of hydrogen-bond donors (Lipinski definition) is 2. The molecule has 0 saturated carbocycles. The van der Waals surface area contributed by atoms with Crippen LogP contribution in [0.3, 0.4) is 0 Å². The molecule has 0 bridgehead atoms. The lowest BCUT2D eigenvalue weighted by Gasteiger charge is -2.07. The Morgan fingerprint density at radius 2 is 2.21 bits per heavy atom. The van der Waals surface area contributed by atoms with Crippen molar-refractivity contribution in [2.45, 2.75) is 26.8 Å². The van der Waals surface area contributed by atoms with Crippen molar-refractivity contribution >= 4 is 5.84 Å². The molecule has 1 rings (SSSR count). The van der Waals surface area contributed by atoms with Gasteiger partial charge in [0.2, 0.25) is 0 Å². The van der Waals surface area contributed by atoms with E-state index in [0.717, 1.165) is 11.4 Å². The van der Waals surface area contributed by atoms with E-state index in [-0.39, 0.29) is 6.04 Å². The van der Waals surface area contributed by atoms with Gasteiger partial charge in [-0.3, -0.25) is 4.99 Å². The molecule has 0 aliphatic carbocycles. The number of hydrazine groups is 1. The fourth-order valence-electron chi connectivity index (χ4n) is 1.11. The highest BCUT2D eigenvalue weighted by Gasteiger charge is 2.03. The second-order valence-corrected chi connectivity index (χ2v) is 3.38. The third-order valence-corrected chi connectivity index (χ3v) is 1.65. The first kappa shape index (κ1) is 10.7. The molecular weight excluding hydrogens is 176 g/mol. The van der Waals surface area contributed by atoms with Gasteiger partial charge in [-0.2, -0.15) is 0 Å². The average molecular weight is 192 g/mol. The molecule has 14 heavy (non-hydrogen) atoms. The first-order chi connectivity index (χ1) is 6.63. The summed E-state index contributed by atoms with van der Waals surface area (Å²) in [7, 11) is 0. The standard InChI is InChI=1S/C10H16N4/c1-7(2)12-10(14-11)9-6-4-5-8(3)13-9/h4-7H,11H2,1-3H3,(H,12,14). The minimum Gasteiger partial charge on any atom is -0.307 e. The number of nitrogens with two attached hydrogens (primary N) is 1. The summed E-state index contributed by atoms with van der Waals surface area (Å²) in [4.78, 5) is 8.65. The van der Waals surface area contributed by atoms with E-state index in [9.17, 15) is 0 Å². The number of hydrogen-bond acceptors (Lipinski definition) is 3. The first-order valence-electron chi connectivity index (χ1n) is 4.62. The molecule has 4 nitrogen and oxygen atoms in total. The lowest BCUT2D eigenvalue weighted by Crippen LogP contribution is -2.32. The van der Waals surface area contributed by atoms with Gasteiger partial charge in [0.15, 0.2) is 5.84 Å². The SMILES string of the molecule is Cc1cccc(C(=NC(C)C)NN)n1. The Labute approximate surface area is 84.2 Å². The molecule has 76 valence electrons. The molecule has 3 N–H and O–H groups in total. The Kier molecular flexibility index (Phi) is 3.59. The maximum Gasteiger partial charge on any atom is 0.161 e. The summed E-state index contributed by atoms with van der Waals surface area (Å²) in [5.74, 6) is 6.01. The quantitative estimate of drug-likeness (QED) is 0.318. The Balaban J connectivity index is 3.01. The molecule has 1 heterocycles. The summed E-state index contributed by atoms with van der Waals surface area (Å²) in [6, 6.07) is 5.95. The molecule has 1 aromatic heterocycles. The predicted octanol–water partition coefficient (Wildman–Crippen LogP) is 1.01. The van der Waals surface area contributed by atoms with Gasteiger partial charge in [-0.05, 0) is 32.9 Å². The molecule has 0 aliphatic rings. The molecule has 0 aliphatic heterocycles. The smallest absolute Gasteiger partial charge is 0.161 e. The Hall–Kier alpha value is -1.42. The Morgan fingerprint density at radius 1 is 1.50 bits per heavy atom. The fraction of sp³-hybridized carbons (Fsp3) is 0.400. The van der Waals surface area contributed by atoms with Crippen molar-refractivity contribution in [3.63, 3.8) is 0 Å². The van der Waals surface area contributed by atoms with Crippen LogP contribution in [0.2, 0.25) is 0 Å². The summed E-state index contributed by atoms with van der Waals surface area (Å²) >= 11 is 0. The highest BCUT2D eigenvalue weighted by molar-refractivity contribution is 5.96. The second kappa shape index (κ2) is 4.72. The number of rotatable bonds is 2. The molecule has 4 heteroatoms. The topological polar surface area (TPSA) is 63.3 Å². The van der Waals surface area contributed by atoms with Crippen LogP contribution >= 0.6 is 0 Å². The molecule has 1 aromatic rings. The van der Waals surface area contributed by atoms with E-state index >= 15 is 0 Å². The highest BCUT2D eigenvalue weighted by atomic mass is 15.3. The summed E-state index contributed by atoms with van der Waals surface area (Å²) in [6.07, 6.45) is 0. The van der Waals surface area contributed by atoms with Crippen LogP contribution in [-0.2, 0) is 0 Å². The number of aryl methyl sites for hydroxylation is 1. The van der Waals surface area contributed by atoms with Crippen LogP contribution in [0.1, 0.15) is 25.2 Å². The number of nitrogens with zero attached hydrogens (tertiary/aromatic N) is 2. The summed E-state index contributed by atoms with van der Waals surface area (Å²) in [5.41, 5.74) is 4.30. The monoisotopic (exact) mass is 192 g/mol. The van der Waals surface area contributed by atoms with Crippen LogP contribution in [-0.4, -0.2) is 16.9 Å². The van der Waals surface area contributed by atoms with E-state index in [1.54, 1.807) is 0 Å². The van der Waals surface area contributed by atoms with Crippen LogP contribution in [0.25, 0.3) is 0 Å². The first-order valence-corrected chi connectivity index (χ1v) is 4.62. The van der Waals surface area contributed by atoms with Gasteiger partial charge in [-0.25, -0.2) is 10.8 Å². The Morgan fingerprint density at radius 3 is 2.71 bits per heavy atom. The molecule has 0 fully saturated rings.